The Morgan fingerprint density at radius 3 is 2.59 bits per heavy atom. The smallest absolute Gasteiger partial charge is 0.341 e. The molecule has 4 rings (SSSR count). The predicted molar refractivity (Wildman–Crippen MR) is 84.8 cm³/mol. The number of anilines is 1. The molecule has 2 heterocycles. The van der Waals surface area contributed by atoms with Crippen molar-refractivity contribution in [3.63, 3.8) is 0 Å². The van der Waals surface area contributed by atoms with Crippen LogP contribution >= 0.6 is 11.3 Å². The van der Waals surface area contributed by atoms with Crippen molar-refractivity contribution in [2.75, 3.05) is 5.32 Å². The highest BCUT2D eigenvalue weighted by atomic mass is 32.1. The summed E-state index contributed by atoms with van der Waals surface area (Å²) in [6.07, 6.45) is 1.72. The topological polar surface area (TPSA) is 51.2 Å². The zero-order valence-corrected chi connectivity index (χ0v) is 12.3. The minimum Gasteiger partial charge on any atom is -0.427 e. The molecule has 0 saturated heterocycles. The molecule has 1 aliphatic rings. The van der Waals surface area contributed by atoms with Crippen molar-refractivity contribution >= 4 is 22.4 Å². The third kappa shape index (κ3) is 1.90. The summed E-state index contributed by atoms with van der Waals surface area (Å²) in [6, 6.07) is 17.1. The Balaban J connectivity index is 1.93. The number of hydrogen-bond donors (Lipinski definition) is 1. The first-order chi connectivity index (χ1) is 10.8. The number of ether oxygens (including phenoxy) is 1. The van der Waals surface area contributed by atoms with Crippen molar-refractivity contribution in [1.82, 2.24) is 4.98 Å². The molecule has 5 heteroatoms. The molecule has 1 N–H and O–H groups in total. The van der Waals surface area contributed by atoms with Gasteiger partial charge >= 0.3 is 5.97 Å². The third-order valence-corrected chi connectivity index (χ3v) is 4.36. The molecule has 1 unspecified atom stereocenters. The van der Waals surface area contributed by atoms with Gasteiger partial charge in [-0.2, -0.15) is 0 Å². The van der Waals surface area contributed by atoms with Crippen LogP contribution in [0.2, 0.25) is 0 Å². The number of carbonyl (C=O) groups excluding carboxylic acids is 1. The fraction of sp³-hybridized carbons (Fsp3) is 0.0588. The second-order valence-corrected chi connectivity index (χ2v) is 5.84. The Kier molecular flexibility index (Phi) is 2.94. The normalized spacial score (nSPS) is 19.5. The van der Waals surface area contributed by atoms with Crippen LogP contribution in [0.15, 0.2) is 66.2 Å². The molecule has 3 aromatic rings. The number of esters is 1. The fourth-order valence-electron chi connectivity index (χ4n) is 2.71. The number of nitrogens with zero attached hydrogens (tertiary/aromatic N) is 1. The summed E-state index contributed by atoms with van der Waals surface area (Å²) in [5.41, 5.74) is 1.22. The number of rotatable bonds is 3. The summed E-state index contributed by atoms with van der Waals surface area (Å²) in [6.45, 7) is 0. The van der Waals surface area contributed by atoms with Crippen LogP contribution in [0.4, 0.5) is 5.13 Å². The number of carbonyl (C=O) groups is 1. The summed E-state index contributed by atoms with van der Waals surface area (Å²) >= 11 is 1.47. The number of aromatic nitrogens is 1. The Morgan fingerprint density at radius 1 is 1.05 bits per heavy atom. The first kappa shape index (κ1) is 13.0. The van der Waals surface area contributed by atoms with Gasteiger partial charge in [-0.3, -0.25) is 0 Å². The second kappa shape index (κ2) is 4.96. The highest BCUT2D eigenvalue weighted by molar-refractivity contribution is 7.13. The number of thiazole rings is 1. The summed E-state index contributed by atoms with van der Waals surface area (Å²) in [5.74, 6) is -0.330. The summed E-state index contributed by atoms with van der Waals surface area (Å²) in [4.78, 5) is 16.6. The zero-order valence-electron chi connectivity index (χ0n) is 11.5. The van der Waals surface area contributed by atoms with Crippen LogP contribution in [0.1, 0.15) is 21.5 Å². The highest BCUT2D eigenvalue weighted by Gasteiger charge is 2.47. The SMILES string of the molecule is O=C1OC(Nc2nccs2)(c2ccccc2)c2ccccc21. The van der Waals surface area contributed by atoms with Gasteiger partial charge in [-0.25, -0.2) is 9.78 Å². The molecule has 0 radical (unpaired) electrons. The molecular weight excluding hydrogens is 296 g/mol. The van der Waals surface area contributed by atoms with E-state index in [2.05, 4.69) is 10.3 Å². The lowest BCUT2D eigenvalue weighted by atomic mass is 9.93. The van der Waals surface area contributed by atoms with E-state index in [4.69, 9.17) is 4.74 Å². The Morgan fingerprint density at radius 2 is 1.82 bits per heavy atom. The van der Waals surface area contributed by atoms with E-state index < -0.39 is 5.72 Å². The van der Waals surface area contributed by atoms with Crippen LogP contribution in [-0.2, 0) is 10.5 Å². The molecule has 22 heavy (non-hydrogen) atoms. The molecule has 4 nitrogen and oxygen atoms in total. The van der Waals surface area contributed by atoms with Gasteiger partial charge in [0.2, 0.25) is 5.72 Å². The Hall–Kier alpha value is -2.66. The van der Waals surface area contributed by atoms with Gasteiger partial charge in [0, 0.05) is 22.7 Å². The lowest BCUT2D eigenvalue weighted by Gasteiger charge is -2.30. The maximum atomic E-state index is 12.3. The van der Waals surface area contributed by atoms with E-state index in [0.29, 0.717) is 10.7 Å². The number of fused-ring (bicyclic) bond motifs is 1. The number of hydrogen-bond acceptors (Lipinski definition) is 5. The molecule has 1 aliphatic heterocycles. The van der Waals surface area contributed by atoms with Gasteiger partial charge in [0.15, 0.2) is 5.13 Å². The first-order valence-electron chi connectivity index (χ1n) is 6.86. The molecule has 1 atom stereocenters. The molecule has 108 valence electrons. The number of cyclic esters (lactones) is 1. The molecule has 0 saturated carbocycles. The van der Waals surface area contributed by atoms with Crippen molar-refractivity contribution in [2.24, 2.45) is 0 Å². The van der Waals surface area contributed by atoms with E-state index in [0.717, 1.165) is 11.1 Å². The van der Waals surface area contributed by atoms with Gasteiger partial charge in [-0.1, -0.05) is 48.5 Å². The quantitative estimate of drug-likeness (QED) is 0.751. The van der Waals surface area contributed by atoms with E-state index in [-0.39, 0.29) is 5.97 Å². The molecule has 0 aliphatic carbocycles. The number of nitrogens with one attached hydrogen (secondary N) is 1. The van der Waals surface area contributed by atoms with Crippen LogP contribution in [-0.4, -0.2) is 11.0 Å². The van der Waals surface area contributed by atoms with Crippen LogP contribution in [0.3, 0.4) is 0 Å². The Bertz CT molecular complexity index is 818. The third-order valence-electron chi connectivity index (χ3n) is 3.67. The standard InChI is InChI=1S/C17H12N2O2S/c20-15-13-8-4-5-9-14(13)17(21-15,12-6-2-1-3-7-12)19-16-18-10-11-22-16/h1-11H,(H,18,19). The first-order valence-corrected chi connectivity index (χ1v) is 7.74. The van der Waals surface area contributed by atoms with Crippen molar-refractivity contribution in [1.29, 1.82) is 0 Å². The zero-order chi connectivity index (χ0) is 15.0. The van der Waals surface area contributed by atoms with E-state index in [9.17, 15) is 4.79 Å². The van der Waals surface area contributed by atoms with Crippen molar-refractivity contribution in [2.45, 2.75) is 5.72 Å². The summed E-state index contributed by atoms with van der Waals surface area (Å²) in [7, 11) is 0. The van der Waals surface area contributed by atoms with Crippen LogP contribution in [0, 0.1) is 0 Å². The lowest BCUT2D eigenvalue weighted by molar-refractivity contribution is 0.0212. The fourth-order valence-corrected chi connectivity index (χ4v) is 3.28. The van der Waals surface area contributed by atoms with Crippen molar-refractivity contribution < 1.29 is 9.53 Å². The van der Waals surface area contributed by atoms with E-state index >= 15 is 0 Å². The van der Waals surface area contributed by atoms with Gasteiger partial charge in [0.1, 0.15) is 0 Å². The minimum absolute atomic E-state index is 0.330. The average Bonchev–Trinajstić information content (AvgIpc) is 3.17. The van der Waals surface area contributed by atoms with Gasteiger partial charge in [-0.05, 0) is 6.07 Å². The predicted octanol–water partition coefficient (Wildman–Crippen LogP) is 3.63. The van der Waals surface area contributed by atoms with E-state index in [1.54, 1.807) is 12.3 Å². The monoisotopic (exact) mass is 308 g/mol. The van der Waals surface area contributed by atoms with Crippen molar-refractivity contribution in [3.05, 3.63) is 82.9 Å². The molecule has 0 spiro atoms. The molecule has 0 fully saturated rings. The van der Waals surface area contributed by atoms with Crippen molar-refractivity contribution in [3.8, 4) is 0 Å². The molecule has 0 bridgehead atoms. The largest absolute Gasteiger partial charge is 0.427 e. The molecule has 1 aromatic heterocycles. The van der Waals surface area contributed by atoms with Gasteiger partial charge < -0.3 is 10.1 Å². The van der Waals surface area contributed by atoms with Crippen LogP contribution < -0.4 is 5.32 Å². The number of benzene rings is 2. The molecule has 2 aromatic carbocycles. The lowest BCUT2D eigenvalue weighted by Crippen LogP contribution is -2.36. The molecular formula is C17H12N2O2S. The summed E-state index contributed by atoms with van der Waals surface area (Å²) < 4.78 is 5.80. The van der Waals surface area contributed by atoms with E-state index in [1.165, 1.54) is 11.3 Å². The van der Waals surface area contributed by atoms with Gasteiger partial charge in [-0.15, -0.1) is 11.3 Å². The maximum Gasteiger partial charge on any atom is 0.341 e. The molecule has 0 amide bonds. The van der Waals surface area contributed by atoms with Crippen LogP contribution in [0.25, 0.3) is 0 Å². The highest BCUT2D eigenvalue weighted by Crippen LogP contribution is 2.42. The minimum atomic E-state index is -1.03. The van der Waals surface area contributed by atoms with E-state index in [1.807, 2.05) is 53.9 Å². The Labute approximate surface area is 131 Å². The summed E-state index contributed by atoms with van der Waals surface area (Å²) in [5, 5.41) is 5.88. The average molecular weight is 308 g/mol. The second-order valence-electron chi connectivity index (χ2n) is 4.94. The van der Waals surface area contributed by atoms with Crippen LogP contribution in [0.5, 0.6) is 0 Å². The van der Waals surface area contributed by atoms with Gasteiger partial charge in [0.25, 0.3) is 0 Å². The maximum absolute atomic E-state index is 12.3. The van der Waals surface area contributed by atoms with Gasteiger partial charge in [0.05, 0.1) is 5.56 Å².